The Kier molecular flexibility index (Phi) is 3.62. The number of nitrogens with two attached hydrogens (primary N) is 1. The van der Waals surface area contributed by atoms with E-state index >= 15 is 0 Å². The first-order valence-electron chi connectivity index (χ1n) is 7.06. The van der Waals surface area contributed by atoms with Gasteiger partial charge in [0.15, 0.2) is 0 Å². The van der Waals surface area contributed by atoms with E-state index in [1.807, 2.05) is 24.3 Å². The molecule has 110 valence electrons. The van der Waals surface area contributed by atoms with Crippen molar-refractivity contribution in [3.05, 3.63) is 36.0 Å². The Hall–Kier alpha value is -2.34. The largest absolute Gasteiger partial charge is 0.548 e. The molecule has 3 rings (SSSR count). The monoisotopic (exact) mass is 287 g/mol. The number of carbonyl (C=O) groups is 2. The Bertz CT molecular complexity index is 687. The Morgan fingerprint density at radius 2 is 1.90 bits per heavy atom. The molecule has 2 heterocycles. The van der Waals surface area contributed by atoms with Crippen molar-refractivity contribution in [3.63, 3.8) is 0 Å². The molecule has 0 saturated carbocycles. The smallest absolute Gasteiger partial charge is 0.270 e. The number of aromatic nitrogens is 1. The number of nitrogens with zero attached hydrogens (tertiary/aromatic N) is 2. The number of piperazine rings is 1. The summed E-state index contributed by atoms with van der Waals surface area (Å²) in [5.41, 5.74) is 1.16. The number of rotatable bonds is 3. The molecule has 0 aliphatic carbocycles. The molecule has 0 unspecified atom stereocenters. The summed E-state index contributed by atoms with van der Waals surface area (Å²) in [4.78, 5) is 25.4. The van der Waals surface area contributed by atoms with Crippen LogP contribution >= 0.6 is 0 Å². The van der Waals surface area contributed by atoms with E-state index in [-0.39, 0.29) is 12.5 Å². The third kappa shape index (κ3) is 2.62. The molecule has 0 atom stereocenters. The van der Waals surface area contributed by atoms with E-state index in [0.717, 1.165) is 24.0 Å². The highest BCUT2D eigenvalue weighted by atomic mass is 16.4. The molecule has 1 amide bonds. The lowest BCUT2D eigenvalue weighted by molar-refractivity contribution is -0.661. The van der Waals surface area contributed by atoms with Crippen molar-refractivity contribution < 1.29 is 20.0 Å². The minimum Gasteiger partial charge on any atom is -0.548 e. The molecular weight excluding hydrogens is 270 g/mol. The first kappa shape index (κ1) is 13.6. The second kappa shape index (κ2) is 5.57. The van der Waals surface area contributed by atoms with Crippen molar-refractivity contribution in [1.29, 1.82) is 0 Å². The number of amides is 1. The number of quaternary nitrogens is 1. The maximum Gasteiger partial charge on any atom is 0.270 e. The Balaban J connectivity index is 2.03. The summed E-state index contributed by atoms with van der Waals surface area (Å²) in [5.74, 6) is -1.31. The van der Waals surface area contributed by atoms with E-state index in [4.69, 9.17) is 0 Å². The summed E-state index contributed by atoms with van der Waals surface area (Å²) >= 11 is 0. The number of aliphatic carboxylic acids is 1. The van der Waals surface area contributed by atoms with Gasteiger partial charge in [0, 0.05) is 10.9 Å². The van der Waals surface area contributed by atoms with E-state index in [1.54, 1.807) is 11.0 Å². The van der Waals surface area contributed by atoms with Crippen LogP contribution in [0.2, 0.25) is 0 Å². The van der Waals surface area contributed by atoms with Crippen LogP contribution in [0.3, 0.4) is 0 Å². The van der Waals surface area contributed by atoms with Crippen LogP contribution in [0.4, 0.5) is 0 Å². The van der Waals surface area contributed by atoms with Gasteiger partial charge in [-0.05, 0) is 12.1 Å². The molecule has 1 saturated heterocycles. The topological polar surface area (TPSA) is 82.0 Å². The standard InChI is InChI=1S/C15H17N3O3/c19-14(20)10-18-12-4-2-1-3-11(12)9-13(18)15(21)17-7-5-16-6-8-17/h1-4,9,16H,5-8,10H2,(H,19,20). The van der Waals surface area contributed by atoms with Crippen LogP contribution in [0.5, 0.6) is 0 Å². The normalized spacial score (nSPS) is 15.3. The molecule has 6 heteroatoms. The van der Waals surface area contributed by atoms with E-state index < -0.39 is 5.97 Å². The van der Waals surface area contributed by atoms with Gasteiger partial charge in [0.1, 0.15) is 5.69 Å². The molecule has 21 heavy (non-hydrogen) atoms. The van der Waals surface area contributed by atoms with E-state index in [0.29, 0.717) is 18.8 Å². The lowest BCUT2D eigenvalue weighted by Crippen LogP contribution is -2.89. The number of carboxylic acids is 1. The molecule has 1 fully saturated rings. The first-order valence-corrected chi connectivity index (χ1v) is 7.06. The molecule has 0 bridgehead atoms. The summed E-state index contributed by atoms with van der Waals surface area (Å²) < 4.78 is 1.53. The molecular formula is C15H17N3O3. The van der Waals surface area contributed by atoms with Crippen LogP contribution < -0.4 is 10.4 Å². The van der Waals surface area contributed by atoms with Gasteiger partial charge in [-0.25, -0.2) is 0 Å². The van der Waals surface area contributed by atoms with Crippen molar-refractivity contribution in [1.82, 2.24) is 9.47 Å². The summed E-state index contributed by atoms with van der Waals surface area (Å²) in [6.45, 7) is 2.82. The van der Waals surface area contributed by atoms with E-state index in [2.05, 4.69) is 5.32 Å². The fourth-order valence-electron chi connectivity index (χ4n) is 2.80. The van der Waals surface area contributed by atoms with Gasteiger partial charge in [-0.1, -0.05) is 18.2 Å². The van der Waals surface area contributed by atoms with Crippen molar-refractivity contribution in [2.75, 3.05) is 26.2 Å². The summed E-state index contributed by atoms with van der Waals surface area (Å²) in [5, 5.41) is 14.0. The molecule has 1 aliphatic rings. The zero-order chi connectivity index (χ0) is 14.8. The maximum atomic E-state index is 12.6. The molecule has 0 spiro atoms. The SMILES string of the molecule is O=C([O-])Cn1c(C(=O)N2CC[NH2+]CC2)cc2ccccc21. The fraction of sp³-hybridized carbons (Fsp3) is 0.333. The average Bonchev–Trinajstić information content (AvgIpc) is 2.86. The highest BCUT2D eigenvalue weighted by Crippen LogP contribution is 2.21. The van der Waals surface area contributed by atoms with Crippen LogP contribution in [-0.4, -0.2) is 47.5 Å². The zero-order valence-electron chi connectivity index (χ0n) is 11.6. The van der Waals surface area contributed by atoms with Gasteiger partial charge in [-0.15, -0.1) is 0 Å². The van der Waals surface area contributed by atoms with E-state index in [1.165, 1.54) is 4.57 Å². The quantitative estimate of drug-likeness (QED) is 0.739. The molecule has 2 aromatic rings. The predicted octanol–water partition coefficient (Wildman–Crippen LogP) is -1.59. The number of carboxylic acid groups (broad SMARTS) is 1. The molecule has 1 aromatic carbocycles. The molecule has 1 aromatic heterocycles. The Morgan fingerprint density at radius 1 is 1.19 bits per heavy atom. The van der Waals surface area contributed by atoms with Crippen molar-refractivity contribution >= 4 is 22.8 Å². The van der Waals surface area contributed by atoms with Crippen molar-refractivity contribution in [2.45, 2.75) is 6.54 Å². The van der Waals surface area contributed by atoms with Crippen LogP contribution in [0, 0.1) is 0 Å². The predicted molar refractivity (Wildman–Crippen MR) is 74.5 cm³/mol. The maximum absolute atomic E-state index is 12.6. The highest BCUT2D eigenvalue weighted by Gasteiger charge is 2.23. The van der Waals surface area contributed by atoms with Crippen LogP contribution in [-0.2, 0) is 11.3 Å². The molecule has 2 N–H and O–H groups in total. The van der Waals surface area contributed by atoms with Crippen LogP contribution in [0.25, 0.3) is 10.9 Å². The second-order valence-electron chi connectivity index (χ2n) is 5.20. The Labute approximate surface area is 122 Å². The Morgan fingerprint density at radius 3 is 2.62 bits per heavy atom. The number of para-hydroxylation sites is 1. The minimum atomic E-state index is -1.20. The first-order chi connectivity index (χ1) is 10.2. The second-order valence-corrected chi connectivity index (χ2v) is 5.20. The van der Waals surface area contributed by atoms with Crippen molar-refractivity contribution in [2.24, 2.45) is 0 Å². The number of hydrogen-bond donors (Lipinski definition) is 1. The molecule has 1 aliphatic heterocycles. The fourth-order valence-corrected chi connectivity index (χ4v) is 2.80. The van der Waals surface area contributed by atoms with Gasteiger partial charge < -0.3 is 24.7 Å². The minimum absolute atomic E-state index is 0.111. The summed E-state index contributed by atoms with van der Waals surface area (Å²) in [6.07, 6.45) is 0. The van der Waals surface area contributed by atoms with Gasteiger partial charge >= 0.3 is 0 Å². The van der Waals surface area contributed by atoms with Gasteiger partial charge in [0.05, 0.1) is 38.7 Å². The third-order valence-electron chi connectivity index (χ3n) is 3.81. The van der Waals surface area contributed by atoms with Gasteiger partial charge in [-0.3, -0.25) is 4.79 Å². The summed E-state index contributed by atoms with van der Waals surface area (Å²) in [6, 6.07) is 9.16. The summed E-state index contributed by atoms with van der Waals surface area (Å²) in [7, 11) is 0. The third-order valence-corrected chi connectivity index (χ3v) is 3.81. The molecule has 0 radical (unpaired) electrons. The van der Waals surface area contributed by atoms with Crippen LogP contribution in [0.1, 0.15) is 10.5 Å². The zero-order valence-corrected chi connectivity index (χ0v) is 11.6. The van der Waals surface area contributed by atoms with Gasteiger partial charge in [0.2, 0.25) is 0 Å². The number of fused-ring (bicyclic) bond motifs is 1. The number of hydrogen-bond acceptors (Lipinski definition) is 3. The van der Waals surface area contributed by atoms with Crippen molar-refractivity contribution in [3.8, 4) is 0 Å². The van der Waals surface area contributed by atoms with E-state index in [9.17, 15) is 14.7 Å². The van der Waals surface area contributed by atoms with Crippen LogP contribution in [0.15, 0.2) is 30.3 Å². The lowest BCUT2D eigenvalue weighted by Gasteiger charge is -2.25. The highest BCUT2D eigenvalue weighted by molar-refractivity contribution is 5.99. The number of benzene rings is 1. The van der Waals surface area contributed by atoms with Gasteiger partial charge in [-0.2, -0.15) is 0 Å². The van der Waals surface area contributed by atoms with Gasteiger partial charge in [0.25, 0.3) is 5.91 Å². The average molecular weight is 287 g/mol. The lowest BCUT2D eigenvalue weighted by atomic mass is 10.2. The number of carbonyl (C=O) groups excluding carboxylic acids is 2. The molecule has 6 nitrogen and oxygen atoms in total.